The fourth-order valence-corrected chi connectivity index (χ4v) is 4.18. The zero-order chi connectivity index (χ0) is 20.0. The first-order valence-corrected chi connectivity index (χ1v) is 9.73. The zero-order valence-electron chi connectivity index (χ0n) is 16.0. The Morgan fingerprint density at radius 2 is 2.00 bits per heavy atom. The average molecular weight is 388 g/mol. The third-order valence-electron chi connectivity index (χ3n) is 5.51. The first kappa shape index (κ1) is 17.5. The quantitative estimate of drug-likeness (QED) is 0.569. The Morgan fingerprint density at radius 3 is 2.86 bits per heavy atom. The van der Waals surface area contributed by atoms with E-state index >= 15 is 0 Å². The van der Waals surface area contributed by atoms with Crippen molar-refractivity contribution in [3.8, 4) is 0 Å². The first-order chi connectivity index (χ1) is 14.1. The maximum Gasteiger partial charge on any atom is 0.275 e. The molecule has 0 radical (unpaired) electrons. The van der Waals surface area contributed by atoms with E-state index in [9.17, 15) is 9.59 Å². The second-order valence-electron chi connectivity index (χ2n) is 7.38. The van der Waals surface area contributed by atoms with Crippen molar-refractivity contribution >= 4 is 22.3 Å². The Labute approximate surface area is 166 Å². The highest BCUT2D eigenvalue weighted by molar-refractivity contribution is 6.04. The van der Waals surface area contributed by atoms with Gasteiger partial charge >= 0.3 is 0 Å². The summed E-state index contributed by atoms with van der Waals surface area (Å²) in [6, 6.07) is 10.8. The molecular weight excluding hydrogens is 368 g/mol. The minimum atomic E-state index is -0.296. The number of hydrogen-bond donors (Lipinski definition) is 1. The number of aromatic amines is 1. The smallest absolute Gasteiger partial charge is 0.275 e. The fourth-order valence-electron chi connectivity index (χ4n) is 4.18. The van der Waals surface area contributed by atoms with Crippen LogP contribution in [0.15, 0.2) is 47.4 Å². The van der Waals surface area contributed by atoms with E-state index in [2.05, 4.69) is 20.3 Å². The lowest BCUT2D eigenvalue weighted by atomic mass is 9.98. The number of aromatic nitrogens is 5. The number of aryl methyl sites for hydroxylation is 1. The van der Waals surface area contributed by atoms with E-state index in [1.807, 2.05) is 34.5 Å². The molecule has 1 aliphatic heterocycles. The topological polar surface area (TPSA) is 96.2 Å². The Kier molecular flexibility index (Phi) is 4.12. The van der Waals surface area contributed by atoms with Gasteiger partial charge in [-0.2, -0.15) is 10.2 Å². The van der Waals surface area contributed by atoms with E-state index in [0.29, 0.717) is 17.3 Å². The highest BCUT2D eigenvalue weighted by atomic mass is 16.2. The van der Waals surface area contributed by atoms with E-state index < -0.39 is 0 Å². The molecule has 0 aliphatic carbocycles. The van der Waals surface area contributed by atoms with Crippen LogP contribution in [0, 0.1) is 6.92 Å². The highest BCUT2D eigenvalue weighted by Gasteiger charge is 2.32. The molecule has 146 valence electrons. The van der Waals surface area contributed by atoms with Crippen molar-refractivity contribution in [1.82, 2.24) is 29.7 Å². The standard InChI is InChI=1S/C21H20N6O2/c1-13-12-18-22-10-9-17(27(18)25-13)16-8-4-5-11-26(16)21(29)19-14-6-2-3-7-15(14)20(28)24-23-19/h2-3,6-7,9-10,12,16H,4-5,8,11H2,1H3,(H,24,28)/t16-/m0/s1. The highest BCUT2D eigenvalue weighted by Crippen LogP contribution is 2.32. The molecule has 1 fully saturated rings. The van der Waals surface area contributed by atoms with E-state index in [1.165, 1.54) is 0 Å². The summed E-state index contributed by atoms with van der Waals surface area (Å²) in [5.41, 5.74) is 2.56. The molecule has 4 heterocycles. The molecule has 1 amide bonds. The van der Waals surface area contributed by atoms with E-state index in [0.717, 1.165) is 36.3 Å². The lowest BCUT2D eigenvalue weighted by Crippen LogP contribution is -2.40. The molecule has 8 nitrogen and oxygen atoms in total. The minimum absolute atomic E-state index is 0.131. The largest absolute Gasteiger partial charge is 0.329 e. The second-order valence-corrected chi connectivity index (χ2v) is 7.38. The van der Waals surface area contributed by atoms with Gasteiger partial charge in [-0.3, -0.25) is 9.59 Å². The lowest BCUT2D eigenvalue weighted by Gasteiger charge is -2.35. The Balaban J connectivity index is 1.62. The van der Waals surface area contributed by atoms with Crippen LogP contribution in [0.25, 0.3) is 16.4 Å². The van der Waals surface area contributed by atoms with Gasteiger partial charge in [-0.1, -0.05) is 18.2 Å². The first-order valence-electron chi connectivity index (χ1n) is 9.73. The molecule has 1 N–H and O–H groups in total. The van der Waals surface area contributed by atoms with Crippen molar-refractivity contribution in [3.63, 3.8) is 0 Å². The number of carbonyl (C=O) groups excluding carboxylic acids is 1. The summed E-state index contributed by atoms with van der Waals surface area (Å²) in [5, 5.41) is 12.2. The number of carbonyl (C=O) groups is 1. The summed E-state index contributed by atoms with van der Waals surface area (Å²) in [7, 11) is 0. The number of amides is 1. The van der Waals surface area contributed by atoms with Crippen LogP contribution in [0.2, 0.25) is 0 Å². The summed E-state index contributed by atoms with van der Waals surface area (Å²) in [5.74, 6) is -0.184. The number of benzene rings is 1. The van der Waals surface area contributed by atoms with Gasteiger partial charge in [0, 0.05) is 24.2 Å². The van der Waals surface area contributed by atoms with Gasteiger partial charge in [0.1, 0.15) is 0 Å². The summed E-state index contributed by atoms with van der Waals surface area (Å²) >= 11 is 0. The van der Waals surface area contributed by atoms with Crippen LogP contribution in [-0.2, 0) is 0 Å². The predicted molar refractivity (Wildman–Crippen MR) is 108 cm³/mol. The van der Waals surface area contributed by atoms with Gasteiger partial charge in [0.25, 0.3) is 11.5 Å². The van der Waals surface area contributed by atoms with Gasteiger partial charge in [0.2, 0.25) is 0 Å². The third kappa shape index (κ3) is 2.88. The number of rotatable bonds is 2. The van der Waals surface area contributed by atoms with Crippen molar-refractivity contribution in [2.24, 2.45) is 0 Å². The maximum atomic E-state index is 13.5. The number of likely N-dealkylation sites (tertiary alicyclic amines) is 1. The van der Waals surface area contributed by atoms with E-state index in [1.54, 1.807) is 24.4 Å². The van der Waals surface area contributed by atoms with E-state index in [4.69, 9.17) is 0 Å². The van der Waals surface area contributed by atoms with Gasteiger partial charge in [0.05, 0.1) is 22.8 Å². The van der Waals surface area contributed by atoms with Crippen molar-refractivity contribution in [2.75, 3.05) is 6.54 Å². The van der Waals surface area contributed by atoms with Crippen LogP contribution in [-0.4, -0.2) is 42.1 Å². The van der Waals surface area contributed by atoms with Crippen LogP contribution in [0.1, 0.15) is 47.2 Å². The molecule has 1 saturated heterocycles. The Hall–Kier alpha value is -3.55. The number of hydrogen-bond acceptors (Lipinski definition) is 5. The zero-order valence-corrected chi connectivity index (χ0v) is 16.0. The third-order valence-corrected chi connectivity index (χ3v) is 5.51. The number of nitrogens with one attached hydrogen (secondary N) is 1. The Morgan fingerprint density at radius 1 is 1.17 bits per heavy atom. The molecule has 3 aromatic heterocycles. The van der Waals surface area contributed by atoms with Gasteiger partial charge in [-0.25, -0.2) is 14.6 Å². The summed E-state index contributed by atoms with van der Waals surface area (Å²) in [4.78, 5) is 31.9. The summed E-state index contributed by atoms with van der Waals surface area (Å²) < 4.78 is 1.82. The molecule has 1 aliphatic rings. The number of H-pyrrole nitrogens is 1. The van der Waals surface area contributed by atoms with Crippen molar-refractivity contribution < 1.29 is 4.79 Å². The average Bonchev–Trinajstić information content (AvgIpc) is 3.14. The molecule has 29 heavy (non-hydrogen) atoms. The molecule has 8 heteroatoms. The molecule has 1 atom stereocenters. The van der Waals surface area contributed by atoms with Crippen molar-refractivity contribution in [2.45, 2.75) is 32.2 Å². The van der Waals surface area contributed by atoms with Gasteiger partial charge < -0.3 is 4.90 Å². The SMILES string of the molecule is Cc1cc2nccc([C@@H]3CCCCN3C(=O)c3n[nH]c(=O)c4ccccc34)n2n1. The van der Waals surface area contributed by atoms with Crippen LogP contribution in [0.5, 0.6) is 0 Å². The maximum absolute atomic E-state index is 13.5. The fraction of sp³-hybridized carbons (Fsp3) is 0.286. The molecular formula is C21H20N6O2. The monoisotopic (exact) mass is 388 g/mol. The molecule has 4 aromatic rings. The predicted octanol–water partition coefficient (Wildman–Crippen LogP) is 2.64. The molecule has 0 spiro atoms. The number of nitrogens with zero attached hydrogens (tertiary/aromatic N) is 5. The van der Waals surface area contributed by atoms with Crippen molar-refractivity contribution in [3.05, 3.63) is 70.0 Å². The van der Waals surface area contributed by atoms with Crippen LogP contribution < -0.4 is 5.56 Å². The summed E-state index contributed by atoms with van der Waals surface area (Å²) in [6.07, 6.45) is 4.55. The van der Waals surface area contributed by atoms with E-state index in [-0.39, 0.29) is 23.2 Å². The van der Waals surface area contributed by atoms with Gasteiger partial charge in [-0.15, -0.1) is 0 Å². The number of fused-ring (bicyclic) bond motifs is 2. The molecule has 5 rings (SSSR count). The molecule has 1 aromatic carbocycles. The summed E-state index contributed by atoms with van der Waals surface area (Å²) in [6.45, 7) is 2.56. The normalized spacial score (nSPS) is 17.1. The minimum Gasteiger partial charge on any atom is -0.329 e. The Bertz CT molecular complexity index is 1290. The van der Waals surface area contributed by atoms with Crippen LogP contribution >= 0.6 is 0 Å². The molecule has 0 unspecified atom stereocenters. The van der Waals surface area contributed by atoms with Crippen LogP contribution in [0.4, 0.5) is 0 Å². The van der Waals surface area contributed by atoms with Crippen LogP contribution in [0.3, 0.4) is 0 Å². The molecule has 0 saturated carbocycles. The lowest BCUT2D eigenvalue weighted by molar-refractivity contribution is 0.0598. The van der Waals surface area contributed by atoms with Crippen molar-refractivity contribution in [1.29, 1.82) is 0 Å². The second kappa shape index (κ2) is 6.80. The van der Waals surface area contributed by atoms with Gasteiger partial charge in [-0.05, 0) is 38.3 Å². The molecule has 0 bridgehead atoms. The van der Waals surface area contributed by atoms with Gasteiger partial charge in [0.15, 0.2) is 11.3 Å². The number of piperidine rings is 1.